The molecule has 4 rings (SSSR count). The molecule has 0 radical (unpaired) electrons. The maximum atomic E-state index is 13.6. The van der Waals surface area contributed by atoms with Crippen LogP contribution in [0.3, 0.4) is 0 Å². The Kier molecular flexibility index (Phi) is 13.0. The Labute approximate surface area is 278 Å². The van der Waals surface area contributed by atoms with Gasteiger partial charge in [-0.05, 0) is 52.4 Å². The van der Waals surface area contributed by atoms with Gasteiger partial charge in [0.1, 0.15) is 18.8 Å². The lowest BCUT2D eigenvalue weighted by atomic mass is 10.0. The normalized spacial score (nSPS) is 12.2. The van der Waals surface area contributed by atoms with Gasteiger partial charge in [-0.2, -0.15) is 0 Å². The maximum Gasteiger partial charge on any atom is 0.330 e. The van der Waals surface area contributed by atoms with Crippen molar-refractivity contribution < 1.29 is 38.2 Å². The fourth-order valence-electron chi connectivity index (χ4n) is 5.08. The molecule has 10 nitrogen and oxygen atoms in total. The quantitative estimate of drug-likeness (QED) is 0.0970. The standard InChI is InChI=1S/C38H38N2O8/c1-46-35(42)21-20-29-13-7-8-15-32(29)37(44)40-33(16-9-17-36(43)47-25-26-10-3-2-4-11-26)38(45)48-31(24-34(39)41)23-27-18-19-28-12-5-6-14-30(28)22-27/h2-8,10-15,18-22,31,33H,9,16-17,23-25H2,1H3,(H2,39,41)(H,40,44)/b21-20+/t31-,33-/m0/s1. The molecule has 0 aliphatic carbocycles. The van der Waals surface area contributed by atoms with Crippen LogP contribution in [0.25, 0.3) is 16.8 Å². The van der Waals surface area contributed by atoms with Gasteiger partial charge in [0.2, 0.25) is 5.91 Å². The van der Waals surface area contributed by atoms with E-state index in [9.17, 15) is 24.0 Å². The second-order valence-electron chi connectivity index (χ2n) is 11.1. The number of carbonyl (C=O) groups excluding carboxylic acids is 5. The lowest BCUT2D eigenvalue weighted by Crippen LogP contribution is -2.44. The zero-order valence-corrected chi connectivity index (χ0v) is 26.6. The molecule has 0 heterocycles. The van der Waals surface area contributed by atoms with E-state index in [2.05, 4.69) is 10.1 Å². The van der Waals surface area contributed by atoms with Crippen LogP contribution in [-0.4, -0.2) is 49.0 Å². The fraction of sp³-hybridized carbons (Fsp3) is 0.237. The second kappa shape index (κ2) is 17.8. The summed E-state index contributed by atoms with van der Waals surface area (Å²) < 4.78 is 15.8. The molecule has 0 unspecified atom stereocenters. The fourth-order valence-corrected chi connectivity index (χ4v) is 5.08. The summed E-state index contributed by atoms with van der Waals surface area (Å²) >= 11 is 0. The van der Waals surface area contributed by atoms with Gasteiger partial charge in [-0.25, -0.2) is 9.59 Å². The highest BCUT2D eigenvalue weighted by Gasteiger charge is 2.27. The van der Waals surface area contributed by atoms with Gasteiger partial charge < -0.3 is 25.3 Å². The first kappa shape index (κ1) is 35.1. The third-order valence-corrected chi connectivity index (χ3v) is 7.50. The van der Waals surface area contributed by atoms with E-state index in [-0.39, 0.29) is 44.3 Å². The number of amides is 2. The van der Waals surface area contributed by atoms with Gasteiger partial charge in [-0.3, -0.25) is 14.4 Å². The van der Waals surface area contributed by atoms with Crippen molar-refractivity contribution in [3.8, 4) is 0 Å². The molecule has 4 aromatic carbocycles. The zero-order valence-electron chi connectivity index (χ0n) is 26.6. The Hall–Kier alpha value is -5.77. The van der Waals surface area contributed by atoms with E-state index in [0.29, 0.717) is 5.56 Å². The van der Waals surface area contributed by atoms with Gasteiger partial charge in [0.15, 0.2) is 0 Å². The van der Waals surface area contributed by atoms with Crippen molar-refractivity contribution in [1.29, 1.82) is 0 Å². The molecule has 0 saturated heterocycles. The third-order valence-electron chi connectivity index (χ3n) is 7.50. The number of ether oxygens (including phenoxy) is 3. The van der Waals surface area contributed by atoms with E-state index >= 15 is 0 Å². The van der Waals surface area contributed by atoms with E-state index < -0.39 is 41.9 Å². The molecule has 248 valence electrons. The Morgan fingerprint density at radius 3 is 2.29 bits per heavy atom. The molecule has 0 aliphatic rings. The number of carbonyl (C=O) groups is 5. The number of hydrogen-bond donors (Lipinski definition) is 2. The van der Waals surface area contributed by atoms with Crippen molar-refractivity contribution in [3.05, 3.63) is 125 Å². The molecular weight excluding hydrogens is 612 g/mol. The molecule has 48 heavy (non-hydrogen) atoms. The van der Waals surface area contributed by atoms with Crippen molar-refractivity contribution in [3.63, 3.8) is 0 Å². The monoisotopic (exact) mass is 650 g/mol. The van der Waals surface area contributed by atoms with Crippen molar-refractivity contribution in [2.45, 2.75) is 50.9 Å². The Morgan fingerprint density at radius 2 is 1.54 bits per heavy atom. The van der Waals surface area contributed by atoms with Gasteiger partial charge in [0.25, 0.3) is 5.91 Å². The molecule has 10 heteroatoms. The number of methoxy groups -OCH3 is 1. The maximum absolute atomic E-state index is 13.6. The predicted octanol–water partition coefficient (Wildman–Crippen LogP) is 5.07. The number of nitrogens with two attached hydrogens (primary N) is 1. The minimum Gasteiger partial charge on any atom is -0.466 e. The summed E-state index contributed by atoms with van der Waals surface area (Å²) in [4.78, 5) is 63.3. The van der Waals surface area contributed by atoms with E-state index in [1.165, 1.54) is 19.3 Å². The zero-order chi connectivity index (χ0) is 34.3. The molecular formula is C38H38N2O8. The topological polar surface area (TPSA) is 151 Å². The summed E-state index contributed by atoms with van der Waals surface area (Å²) in [5.74, 6) is -3.09. The van der Waals surface area contributed by atoms with Crippen LogP contribution in [0.4, 0.5) is 0 Å². The molecule has 0 aromatic heterocycles. The molecule has 4 aromatic rings. The molecule has 0 fully saturated rings. The van der Waals surface area contributed by atoms with Gasteiger partial charge in [-0.1, -0.05) is 91.0 Å². The van der Waals surface area contributed by atoms with E-state index in [1.54, 1.807) is 24.3 Å². The molecule has 0 bridgehead atoms. The van der Waals surface area contributed by atoms with Crippen LogP contribution >= 0.6 is 0 Å². The van der Waals surface area contributed by atoms with Gasteiger partial charge in [0, 0.05) is 24.5 Å². The van der Waals surface area contributed by atoms with Crippen molar-refractivity contribution >= 4 is 46.6 Å². The van der Waals surface area contributed by atoms with Gasteiger partial charge in [-0.15, -0.1) is 0 Å². The summed E-state index contributed by atoms with van der Waals surface area (Å²) in [6, 6.07) is 28.2. The van der Waals surface area contributed by atoms with Crippen LogP contribution in [0, 0.1) is 0 Å². The molecule has 0 aliphatic heterocycles. The number of benzene rings is 4. The van der Waals surface area contributed by atoms with Crippen LogP contribution in [0.1, 0.15) is 52.7 Å². The number of esters is 3. The Balaban J connectivity index is 1.49. The first-order chi connectivity index (χ1) is 23.2. The van der Waals surface area contributed by atoms with Crippen LogP contribution in [-0.2, 0) is 46.4 Å². The van der Waals surface area contributed by atoms with Crippen molar-refractivity contribution in [2.75, 3.05) is 7.11 Å². The van der Waals surface area contributed by atoms with Crippen LogP contribution in [0.15, 0.2) is 103 Å². The molecule has 2 amide bonds. The summed E-state index contributed by atoms with van der Waals surface area (Å²) in [6.45, 7) is 0.112. The number of primary amides is 1. The van der Waals surface area contributed by atoms with Gasteiger partial charge in [0.05, 0.1) is 13.5 Å². The van der Waals surface area contributed by atoms with E-state index in [1.807, 2.05) is 72.8 Å². The lowest BCUT2D eigenvalue weighted by Gasteiger charge is -2.23. The largest absolute Gasteiger partial charge is 0.466 e. The predicted molar refractivity (Wildman–Crippen MR) is 180 cm³/mol. The first-order valence-electron chi connectivity index (χ1n) is 15.5. The van der Waals surface area contributed by atoms with Gasteiger partial charge >= 0.3 is 17.9 Å². The number of hydrogen-bond acceptors (Lipinski definition) is 8. The van der Waals surface area contributed by atoms with Crippen LogP contribution < -0.4 is 11.1 Å². The summed E-state index contributed by atoms with van der Waals surface area (Å²) in [5, 5.41) is 4.75. The SMILES string of the molecule is COC(=O)/C=C/c1ccccc1C(=O)N[C@@H](CCCC(=O)OCc1ccccc1)C(=O)O[C@H](CC(N)=O)Cc1ccc2ccccc2c1. The highest BCUT2D eigenvalue weighted by atomic mass is 16.5. The molecule has 2 atom stereocenters. The van der Waals surface area contributed by atoms with E-state index in [4.69, 9.17) is 15.2 Å². The molecule has 0 spiro atoms. The van der Waals surface area contributed by atoms with Crippen molar-refractivity contribution in [1.82, 2.24) is 5.32 Å². The second-order valence-corrected chi connectivity index (χ2v) is 11.1. The molecule has 0 saturated carbocycles. The van der Waals surface area contributed by atoms with Crippen molar-refractivity contribution in [2.24, 2.45) is 5.73 Å². The minimum absolute atomic E-state index is 0.00720. The highest BCUT2D eigenvalue weighted by Crippen LogP contribution is 2.20. The van der Waals surface area contributed by atoms with Crippen LogP contribution in [0.2, 0.25) is 0 Å². The summed E-state index contributed by atoms with van der Waals surface area (Å²) in [5.41, 5.74) is 7.80. The lowest BCUT2D eigenvalue weighted by molar-refractivity contribution is -0.153. The third kappa shape index (κ3) is 10.9. The minimum atomic E-state index is -1.18. The summed E-state index contributed by atoms with van der Waals surface area (Å²) in [6.07, 6.45) is 1.93. The Morgan fingerprint density at radius 1 is 0.833 bits per heavy atom. The smallest absolute Gasteiger partial charge is 0.330 e. The average Bonchev–Trinajstić information content (AvgIpc) is 3.09. The summed E-state index contributed by atoms with van der Waals surface area (Å²) in [7, 11) is 1.24. The number of fused-ring (bicyclic) bond motifs is 1. The van der Waals surface area contributed by atoms with Crippen LogP contribution in [0.5, 0.6) is 0 Å². The highest BCUT2D eigenvalue weighted by molar-refractivity contribution is 6.01. The first-order valence-corrected chi connectivity index (χ1v) is 15.5. The number of nitrogens with one attached hydrogen (secondary N) is 1. The number of rotatable bonds is 16. The molecule has 3 N–H and O–H groups in total. The Bertz CT molecular complexity index is 1770. The van der Waals surface area contributed by atoms with E-state index in [0.717, 1.165) is 21.9 Å². The average molecular weight is 651 g/mol.